The second-order valence-electron chi connectivity index (χ2n) is 7.34. The van der Waals surface area contributed by atoms with E-state index in [1.165, 1.54) is 22.9 Å². The van der Waals surface area contributed by atoms with Crippen molar-refractivity contribution in [2.45, 2.75) is 6.04 Å². The highest BCUT2D eigenvalue weighted by molar-refractivity contribution is 7.99. The van der Waals surface area contributed by atoms with Crippen molar-refractivity contribution < 1.29 is 28.3 Å². The van der Waals surface area contributed by atoms with Crippen LogP contribution in [-0.4, -0.2) is 54.0 Å². The third kappa shape index (κ3) is 5.70. The van der Waals surface area contributed by atoms with Gasteiger partial charge >= 0.3 is 0 Å². The molecule has 0 bridgehead atoms. The van der Waals surface area contributed by atoms with Gasteiger partial charge in [0.15, 0.2) is 12.4 Å². The minimum Gasteiger partial charge on any atom is -0.497 e. The Kier molecular flexibility index (Phi) is 7.38. The molecule has 0 spiro atoms. The molecule has 1 atom stereocenters. The lowest BCUT2D eigenvalue weighted by atomic mass is 10.2. The molecule has 1 unspecified atom stereocenters. The van der Waals surface area contributed by atoms with E-state index in [4.69, 9.17) is 13.9 Å². The van der Waals surface area contributed by atoms with Gasteiger partial charge in [-0.2, -0.15) is 0 Å². The zero-order valence-electron chi connectivity index (χ0n) is 18.4. The van der Waals surface area contributed by atoms with Crippen LogP contribution in [0.5, 0.6) is 11.5 Å². The van der Waals surface area contributed by atoms with Gasteiger partial charge in [-0.3, -0.25) is 14.4 Å². The van der Waals surface area contributed by atoms with Gasteiger partial charge in [0.2, 0.25) is 5.91 Å². The number of methoxy groups -OCH3 is 1. The summed E-state index contributed by atoms with van der Waals surface area (Å²) >= 11 is 1.51. The number of ether oxygens (including phenoxy) is 2. The highest BCUT2D eigenvalue weighted by atomic mass is 32.2. The van der Waals surface area contributed by atoms with E-state index >= 15 is 0 Å². The molecular formula is C24H23N3O6S. The first-order chi connectivity index (χ1) is 16.5. The topological polar surface area (TPSA) is 110 Å². The molecule has 4 rings (SSSR count). The molecule has 10 heteroatoms. The lowest BCUT2D eigenvalue weighted by Crippen LogP contribution is -2.46. The summed E-state index contributed by atoms with van der Waals surface area (Å²) in [5.74, 6) is 1.25. The summed E-state index contributed by atoms with van der Waals surface area (Å²) in [5.41, 5.74) is 1.12. The van der Waals surface area contributed by atoms with Crippen molar-refractivity contribution in [2.24, 2.45) is 0 Å². The lowest BCUT2D eigenvalue weighted by Gasteiger charge is -2.23. The largest absolute Gasteiger partial charge is 0.497 e. The van der Waals surface area contributed by atoms with Gasteiger partial charge in [0.25, 0.3) is 11.8 Å². The predicted molar refractivity (Wildman–Crippen MR) is 128 cm³/mol. The second-order valence-corrected chi connectivity index (χ2v) is 8.34. The molecule has 2 N–H and O–H groups in total. The van der Waals surface area contributed by atoms with E-state index < -0.39 is 11.9 Å². The summed E-state index contributed by atoms with van der Waals surface area (Å²) in [6.45, 7) is -0.234. The van der Waals surface area contributed by atoms with Gasteiger partial charge in [0, 0.05) is 23.2 Å². The number of amides is 3. The minimum atomic E-state index is -0.595. The Labute approximate surface area is 200 Å². The maximum absolute atomic E-state index is 12.8. The fourth-order valence-corrected chi connectivity index (χ4v) is 4.48. The van der Waals surface area contributed by atoms with Crippen LogP contribution in [0.15, 0.2) is 71.3 Å². The van der Waals surface area contributed by atoms with Crippen LogP contribution in [0.4, 0.5) is 11.4 Å². The quantitative estimate of drug-likeness (QED) is 0.507. The summed E-state index contributed by atoms with van der Waals surface area (Å²) in [6, 6.07) is 16.3. The van der Waals surface area contributed by atoms with E-state index in [0.717, 1.165) is 0 Å². The van der Waals surface area contributed by atoms with Crippen molar-refractivity contribution in [1.82, 2.24) is 4.90 Å². The molecule has 1 aromatic heterocycles. The molecule has 0 radical (unpaired) electrons. The van der Waals surface area contributed by atoms with Crippen molar-refractivity contribution >= 4 is 40.9 Å². The zero-order chi connectivity index (χ0) is 23.9. The molecule has 0 aliphatic carbocycles. The summed E-state index contributed by atoms with van der Waals surface area (Å²) < 4.78 is 15.8. The number of thioether (sulfide) groups is 1. The van der Waals surface area contributed by atoms with Crippen molar-refractivity contribution in [3.63, 3.8) is 0 Å². The van der Waals surface area contributed by atoms with Crippen LogP contribution in [-0.2, 0) is 9.59 Å². The number of hydrogen-bond acceptors (Lipinski definition) is 7. The predicted octanol–water partition coefficient (Wildman–Crippen LogP) is 3.46. The van der Waals surface area contributed by atoms with E-state index in [-0.39, 0.29) is 24.2 Å². The Bertz CT molecular complexity index is 1150. The number of benzene rings is 2. The number of furan rings is 1. The monoisotopic (exact) mass is 481 g/mol. The van der Waals surface area contributed by atoms with Crippen molar-refractivity contribution in [3.05, 3.63) is 72.7 Å². The Balaban J connectivity index is 1.32. The van der Waals surface area contributed by atoms with E-state index in [9.17, 15) is 14.4 Å². The Morgan fingerprint density at radius 2 is 1.85 bits per heavy atom. The van der Waals surface area contributed by atoms with E-state index in [2.05, 4.69) is 10.6 Å². The first kappa shape index (κ1) is 23.2. The normalized spacial score (nSPS) is 15.0. The van der Waals surface area contributed by atoms with Crippen molar-refractivity contribution in [2.75, 3.05) is 36.0 Å². The third-order valence-corrected chi connectivity index (χ3v) is 6.07. The highest BCUT2D eigenvalue weighted by Gasteiger charge is 2.34. The van der Waals surface area contributed by atoms with E-state index in [0.29, 0.717) is 34.5 Å². The molecule has 1 fully saturated rings. The van der Waals surface area contributed by atoms with Crippen LogP contribution < -0.4 is 20.1 Å². The Morgan fingerprint density at radius 1 is 1.03 bits per heavy atom. The van der Waals surface area contributed by atoms with E-state index in [1.807, 2.05) is 0 Å². The number of anilines is 2. The molecule has 2 heterocycles. The lowest BCUT2D eigenvalue weighted by molar-refractivity contribution is -0.137. The molecule has 34 heavy (non-hydrogen) atoms. The van der Waals surface area contributed by atoms with Crippen LogP contribution >= 0.6 is 11.8 Å². The highest BCUT2D eigenvalue weighted by Crippen LogP contribution is 2.24. The molecule has 1 aliphatic heterocycles. The standard InChI is InChI=1S/C24H23N3O6S/c1-31-18-9-7-16(8-10-18)25-23(29)20-14-34-15-27(20)22(28)13-33-19-5-2-4-17(12-19)26-24(30)21-6-3-11-32-21/h2-12,20H,13-15H2,1H3,(H,25,29)(H,26,30). The van der Waals surface area contributed by atoms with Gasteiger partial charge in [-0.15, -0.1) is 11.8 Å². The molecular weight excluding hydrogens is 458 g/mol. The van der Waals surface area contributed by atoms with Gasteiger partial charge in [0.1, 0.15) is 17.5 Å². The fraction of sp³-hybridized carbons (Fsp3) is 0.208. The number of nitrogens with zero attached hydrogens (tertiary/aromatic N) is 1. The van der Waals surface area contributed by atoms with Gasteiger partial charge in [0.05, 0.1) is 19.2 Å². The molecule has 1 saturated heterocycles. The molecule has 176 valence electrons. The smallest absolute Gasteiger partial charge is 0.291 e. The van der Waals surface area contributed by atoms with Gasteiger partial charge in [-0.1, -0.05) is 6.07 Å². The molecule has 0 saturated carbocycles. The zero-order valence-corrected chi connectivity index (χ0v) is 19.2. The second kappa shape index (κ2) is 10.8. The average molecular weight is 482 g/mol. The Hall–Kier alpha value is -3.92. The fourth-order valence-electron chi connectivity index (χ4n) is 3.30. The maximum atomic E-state index is 12.8. The number of nitrogens with one attached hydrogen (secondary N) is 2. The van der Waals surface area contributed by atoms with E-state index in [1.54, 1.807) is 67.8 Å². The number of carbonyl (C=O) groups excluding carboxylic acids is 3. The van der Waals surface area contributed by atoms with Crippen LogP contribution in [0.3, 0.4) is 0 Å². The van der Waals surface area contributed by atoms with Crippen molar-refractivity contribution in [3.8, 4) is 11.5 Å². The van der Waals surface area contributed by atoms with Crippen LogP contribution in [0.1, 0.15) is 10.6 Å². The van der Waals surface area contributed by atoms with Gasteiger partial charge in [-0.25, -0.2) is 0 Å². The summed E-state index contributed by atoms with van der Waals surface area (Å²) in [7, 11) is 1.57. The first-order valence-corrected chi connectivity index (χ1v) is 11.6. The first-order valence-electron chi connectivity index (χ1n) is 10.4. The van der Waals surface area contributed by atoms with Crippen LogP contribution in [0.25, 0.3) is 0 Å². The van der Waals surface area contributed by atoms with Crippen LogP contribution in [0, 0.1) is 0 Å². The molecule has 3 amide bonds. The molecule has 1 aliphatic rings. The number of hydrogen-bond donors (Lipinski definition) is 2. The number of carbonyl (C=O) groups is 3. The number of rotatable bonds is 8. The SMILES string of the molecule is COc1ccc(NC(=O)C2CSCN2C(=O)COc2cccc(NC(=O)c3ccco3)c2)cc1. The Morgan fingerprint density at radius 3 is 2.59 bits per heavy atom. The average Bonchev–Trinajstić information content (AvgIpc) is 3.56. The van der Waals surface area contributed by atoms with Gasteiger partial charge < -0.3 is 29.4 Å². The molecule has 9 nitrogen and oxygen atoms in total. The summed E-state index contributed by atoms with van der Waals surface area (Å²) in [6.07, 6.45) is 1.42. The summed E-state index contributed by atoms with van der Waals surface area (Å²) in [4.78, 5) is 39.2. The minimum absolute atomic E-state index is 0.187. The molecule has 3 aromatic rings. The van der Waals surface area contributed by atoms with Crippen LogP contribution in [0.2, 0.25) is 0 Å². The van der Waals surface area contributed by atoms with Crippen molar-refractivity contribution in [1.29, 1.82) is 0 Å². The van der Waals surface area contributed by atoms with Gasteiger partial charge in [-0.05, 0) is 48.5 Å². The maximum Gasteiger partial charge on any atom is 0.291 e. The molecule has 2 aromatic carbocycles. The third-order valence-electron chi connectivity index (χ3n) is 5.06. The summed E-state index contributed by atoms with van der Waals surface area (Å²) in [5, 5.41) is 5.55.